The fourth-order valence-electron chi connectivity index (χ4n) is 4.37. The number of benzene rings is 2. The topological polar surface area (TPSA) is 6.48 Å². The first-order valence-corrected chi connectivity index (χ1v) is 9.81. The molecule has 0 N–H and O–H groups in total. The van der Waals surface area contributed by atoms with Gasteiger partial charge in [0.2, 0.25) is 0 Å². The zero-order valence-corrected chi connectivity index (χ0v) is 16.3. The van der Waals surface area contributed by atoms with Crippen LogP contribution in [0.4, 0.5) is 5.69 Å². The molecule has 0 bridgehead atoms. The SMILES string of the molecule is CC1CCCN1c1cccc(C2CN(C)Cc3c(Cl)cc(Cl)cc32)c1. The molecule has 0 amide bonds. The van der Waals surface area contributed by atoms with Gasteiger partial charge in [0, 0.05) is 47.3 Å². The minimum Gasteiger partial charge on any atom is -0.369 e. The highest BCUT2D eigenvalue weighted by atomic mass is 35.5. The highest BCUT2D eigenvalue weighted by Crippen LogP contribution is 2.39. The van der Waals surface area contributed by atoms with E-state index in [-0.39, 0.29) is 0 Å². The smallest absolute Gasteiger partial charge is 0.0468 e. The average molecular weight is 375 g/mol. The maximum Gasteiger partial charge on any atom is 0.0468 e. The van der Waals surface area contributed by atoms with Gasteiger partial charge in [0.25, 0.3) is 0 Å². The number of hydrogen-bond acceptors (Lipinski definition) is 2. The van der Waals surface area contributed by atoms with Crippen LogP contribution >= 0.6 is 23.2 Å². The van der Waals surface area contributed by atoms with Crippen molar-refractivity contribution in [3.8, 4) is 0 Å². The Balaban J connectivity index is 1.76. The Kier molecular flexibility index (Phi) is 4.70. The minimum absolute atomic E-state index is 0.308. The van der Waals surface area contributed by atoms with E-state index in [0.29, 0.717) is 12.0 Å². The van der Waals surface area contributed by atoms with E-state index < -0.39 is 0 Å². The van der Waals surface area contributed by atoms with E-state index in [9.17, 15) is 0 Å². The summed E-state index contributed by atoms with van der Waals surface area (Å²) in [5.41, 5.74) is 5.18. The van der Waals surface area contributed by atoms with Gasteiger partial charge in [0.05, 0.1) is 0 Å². The molecule has 4 heteroatoms. The van der Waals surface area contributed by atoms with Gasteiger partial charge >= 0.3 is 0 Å². The lowest BCUT2D eigenvalue weighted by Crippen LogP contribution is -2.31. The van der Waals surface area contributed by atoms with Gasteiger partial charge in [-0.05, 0) is 67.8 Å². The maximum atomic E-state index is 6.50. The van der Waals surface area contributed by atoms with Crippen molar-refractivity contribution in [2.24, 2.45) is 0 Å². The number of anilines is 1. The molecule has 0 radical (unpaired) electrons. The zero-order valence-electron chi connectivity index (χ0n) is 14.8. The molecule has 2 nitrogen and oxygen atoms in total. The van der Waals surface area contributed by atoms with Gasteiger partial charge in [-0.25, -0.2) is 0 Å². The van der Waals surface area contributed by atoms with Crippen LogP contribution in [0.1, 0.15) is 42.4 Å². The third-order valence-electron chi connectivity index (χ3n) is 5.65. The minimum atomic E-state index is 0.308. The van der Waals surface area contributed by atoms with E-state index in [0.717, 1.165) is 29.7 Å². The van der Waals surface area contributed by atoms with Gasteiger partial charge in [0.1, 0.15) is 0 Å². The van der Waals surface area contributed by atoms with E-state index in [4.69, 9.17) is 23.2 Å². The molecule has 2 aliphatic heterocycles. The standard InChI is InChI=1S/C21H24Cl2N2/c1-14-5-4-8-25(14)17-7-3-6-15(9-17)19-12-24(2)13-20-18(19)10-16(22)11-21(20)23/h3,6-7,9-11,14,19H,4-5,8,12-13H2,1-2H3. The molecular formula is C21H24Cl2N2. The summed E-state index contributed by atoms with van der Waals surface area (Å²) in [4.78, 5) is 4.87. The Morgan fingerprint density at radius 3 is 2.72 bits per heavy atom. The summed E-state index contributed by atoms with van der Waals surface area (Å²) < 4.78 is 0. The van der Waals surface area contributed by atoms with Gasteiger partial charge in [-0.2, -0.15) is 0 Å². The Bertz CT molecular complexity index is 789. The summed E-state index contributed by atoms with van der Waals surface area (Å²) in [6.07, 6.45) is 2.57. The van der Waals surface area contributed by atoms with Crippen molar-refractivity contribution < 1.29 is 0 Å². The van der Waals surface area contributed by atoms with Crippen molar-refractivity contribution in [3.05, 3.63) is 63.1 Å². The molecule has 2 aliphatic rings. The highest BCUT2D eigenvalue weighted by Gasteiger charge is 2.28. The molecule has 0 aromatic heterocycles. The average Bonchev–Trinajstić information content (AvgIpc) is 3.01. The molecule has 2 atom stereocenters. The van der Waals surface area contributed by atoms with E-state index in [1.165, 1.54) is 35.2 Å². The summed E-state index contributed by atoms with van der Waals surface area (Å²) in [6.45, 7) is 5.35. The maximum absolute atomic E-state index is 6.50. The van der Waals surface area contributed by atoms with E-state index in [1.807, 2.05) is 6.07 Å². The largest absolute Gasteiger partial charge is 0.369 e. The van der Waals surface area contributed by atoms with Crippen molar-refractivity contribution >= 4 is 28.9 Å². The Morgan fingerprint density at radius 1 is 1.12 bits per heavy atom. The van der Waals surface area contributed by atoms with Crippen LogP contribution in [0.25, 0.3) is 0 Å². The van der Waals surface area contributed by atoms with Crippen LogP contribution in [0.3, 0.4) is 0 Å². The second kappa shape index (κ2) is 6.83. The first-order chi connectivity index (χ1) is 12.0. The van der Waals surface area contributed by atoms with Crippen LogP contribution in [0, 0.1) is 0 Å². The van der Waals surface area contributed by atoms with Gasteiger partial charge < -0.3 is 9.80 Å². The van der Waals surface area contributed by atoms with Crippen LogP contribution < -0.4 is 4.90 Å². The van der Waals surface area contributed by atoms with Crippen molar-refractivity contribution in [2.75, 3.05) is 25.0 Å². The Hall–Kier alpha value is -1.22. The predicted octanol–water partition coefficient (Wildman–Crippen LogP) is 5.56. The van der Waals surface area contributed by atoms with Crippen LogP contribution in [0.15, 0.2) is 36.4 Å². The normalized spacial score (nSPS) is 23.8. The summed E-state index contributed by atoms with van der Waals surface area (Å²) >= 11 is 12.8. The molecule has 1 saturated heterocycles. The van der Waals surface area contributed by atoms with Crippen LogP contribution in [-0.2, 0) is 6.54 Å². The number of fused-ring (bicyclic) bond motifs is 1. The molecule has 0 saturated carbocycles. The zero-order chi connectivity index (χ0) is 17.6. The first kappa shape index (κ1) is 17.2. The monoisotopic (exact) mass is 374 g/mol. The Labute approximate surface area is 160 Å². The van der Waals surface area contributed by atoms with Crippen LogP contribution in [0.2, 0.25) is 10.0 Å². The summed E-state index contributed by atoms with van der Waals surface area (Å²) in [6, 6.07) is 13.6. The van der Waals surface area contributed by atoms with Gasteiger partial charge in [-0.1, -0.05) is 35.3 Å². The van der Waals surface area contributed by atoms with Crippen LogP contribution in [-0.4, -0.2) is 31.1 Å². The number of hydrogen-bond donors (Lipinski definition) is 0. The lowest BCUT2D eigenvalue weighted by atomic mass is 9.84. The molecule has 2 heterocycles. The van der Waals surface area contributed by atoms with Gasteiger partial charge in [-0.3, -0.25) is 0 Å². The predicted molar refractivity (Wildman–Crippen MR) is 107 cm³/mol. The van der Waals surface area contributed by atoms with Crippen molar-refractivity contribution in [1.82, 2.24) is 4.90 Å². The van der Waals surface area contributed by atoms with E-state index in [2.05, 4.69) is 54.1 Å². The van der Waals surface area contributed by atoms with E-state index in [1.54, 1.807) is 0 Å². The molecule has 4 rings (SSSR count). The molecule has 0 aliphatic carbocycles. The van der Waals surface area contributed by atoms with Gasteiger partial charge in [0.15, 0.2) is 0 Å². The number of rotatable bonds is 2. The summed E-state index contributed by atoms with van der Waals surface area (Å²) in [7, 11) is 2.16. The molecule has 132 valence electrons. The van der Waals surface area contributed by atoms with Crippen molar-refractivity contribution in [2.45, 2.75) is 38.3 Å². The lowest BCUT2D eigenvalue weighted by Gasteiger charge is -2.34. The Morgan fingerprint density at radius 2 is 1.96 bits per heavy atom. The fourth-order valence-corrected chi connectivity index (χ4v) is 4.94. The first-order valence-electron chi connectivity index (χ1n) is 9.06. The lowest BCUT2D eigenvalue weighted by molar-refractivity contribution is 0.295. The second-order valence-electron chi connectivity index (χ2n) is 7.48. The van der Waals surface area contributed by atoms with Crippen molar-refractivity contribution in [1.29, 1.82) is 0 Å². The van der Waals surface area contributed by atoms with Gasteiger partial charge in [-0.15, -0.1) is 0 Å². The second-order valence-corrected chi connectivity index (χ2v) is 8.33. The van der Waals surface area contributed by atoms with Crippen LogP contribution in [0.5, 0.6) is 0 Å². The fraction of sp³-hybridized carbons (Fsp3) is 0.429. The van der Waals surface area contributed by atoms with E-state index >= 15 is 0 Å². The molecule has 0 spiro atoms. The number of likely N-dealkylation sites (N-methyl/N-ethyl adjacent to an activating group) is 1. The molecule has 2 aromatic rings. The number of halogens is 2. The third-order valence-corrected chi connectivity index (χ3v) is 6.21. The molecule has 2 unspecified atom stereocenters. The molecule has 2 aromatic carbocycles. The molecular weight excluding hydrogens is 351 g/mol. The third kappa shape index (κ3) is 3.28. The number of nitrogens with zero attached hydrogens (tertiary/aromatic N) is 2. The quantitative estimate of drug-likeness (QED) is 0.678. The molecule has 25 heavy (non-hydrogen) atoms. The highest BCUT2D eigenvalue weighted by molar-refractivity contribution is 6.35. The summed E-state index contributed by atoms with van der Waals surface area (Å²) in [5, 5.41) is 1.51. The molecule has 1 fully saturated rings. The van der Waals surface area contributed by atoms with Crippen molar-refractivity contribution in [3.63, 3.8) is 0 Å². The summed E-state index contributed by atoms with van der Waals surface area (Å²) in [5.74, 6) is 0.308.